The third kappa shape index (κ3) is 6.61. The lowest BCUT2D eigenvalue weighted by Crippen LogP contribution is -2.17. The second-order valence-electron chi connectivity index (χ2n) is 3.43. The molecule has 0 aromatic carbocycles. The molecule has 0 aliphatic heterocycles. The van der Waals surface area contributed by atoms with Gasteiger partial charge >= 0.3 is 0 Å². The van der Waals surface area contributed by atoms with Gasteiger partial charge in [-0.1, -0.05) is 0 Å². The molecule has 0 rings (SSSR count). The zero-order valence-corrected chi connectivity index (χ0v) is 11.3. The van der Waals surface area contributed by atoms with E-state index in [1.165, 1.54) is 0 Å². The van der Waals surface area contributed by atoms with Gasteiger partial charge in [-0.25, -0.2) is 0 Å². The summed E-state index contributed by atoms with van der Waals surface area (Å²) >= 11 is 23.1. The predicted molar refractivity (Wildman–Crippen MR) is 68.3 cm³/mol. The van der Waals surface area contributed by atoms with Crippen molar-refractivity contribution in [2.75, 3.05) is 23.5 Å². The first-order valence-corrected chi connectivity index (χ1v) is 7.17. The van der Waals surface area contributed by atoms with E-state index in [4.69, 9.17) is 46.4 Å². The number of rotatable bonds is 9. The van der Waals surface area contributed by atoms with Crippen LogP contribution >= 0.6 is 46.4 Å². The minimum atomic E-state index is 0.586. The van der Waals surface area contributed by atoms with Crippen molar-refractivity contribution in [3.63, 3.8) is 0 Å². The van der Waals surface area contributed by atoms with Gasteiger partial charge in [0.25, 0.3) is 0 Å². The first-order chi connectivity index (χ1) is 6.79. The van der Waals surface area contributed by atoms with E-state index in [0.29, 0.717) is 35.4 Å². The smallest absolute Gasteiger partial charge is 0.0226 e. The normalized spacial score (nSPS) is 11.6. The van der Waals surface area contributed by atoms with E-state index >= 15 is 0 Å². The van der Waals surface area contributed by atoms with Crippen LogP contribution in [0.4, 0.5) is 0 Å². The van der Waals surface area contributed by atoms with Crippen LogP contribution in [-0.4, -0.2) is 23.5 Å². The van der Waals surface area contributed by atoms with Crippen LogP contribution in [0.15, 0.2) is 0 Å². The van der Waals surface area contributed by atoms with E-state index < -0.39 is 0 Å². The molecule has 0 saturated heterocycles. The maximum absolute atomic E-state index is 5.77. The number of alkyl halides is 4. The second kappa shape index (κ2) is 10.7. The van der Waals surface area contributed by atoms with Crippen molar-refractivity contribution in [3.05, 3.63) is 0 Å². The fraction of sp³-hybridized carbons (Fsp3) is 1.00. The summed E-state index contributed by atoms with van der Waals surface area (Å²) in [5, 5.41) is 0. The Bertz CT molecular complexity index is 92.7. The maximum atomic E-state index is 5.77. The maximum Gasteiger partial charge on any atom is 0.0226 e. The van der Waals surface area contributed by atoms with Gasteiger partial charge in [-0.2, -0.15) is 0 Å². The van der Waals surface area contributed by atoms with Crippen LogP contribution in [0.3, 0.4) is 0 Å². The molecule has 4 heteroatoms. The van der Waals surface area contributed by atoms with E-state index in [9.17, 15) is 0 Å². The van der Waals surface area contributed by atoms with Crippen LogP contribution in [0.2, 0.25) is 0 Å². The molecule has 0 unspecified atom stereocenters. The summed E-state index contributed by atoms with van der Waals surface area (Å²) in [6.07, 6.45) is 4.08. The van der Waals surface area contributed by atoms with E-state index in [0.717, 1.165) is 25.7 Å². The predicted octanol–water partition coefficient (Wildman–Crippen LogP) is 4.73. The Balaban J connectivity index is 4.06. The molecular weight excluding hydrogens is 262 g/mol. The van der Waals surface area contributed by atoms with Gasteiger partial charge in [0.05, 0.1) is 0 Å². The largest absolute Gasteiger partial charge is 0.127 e. The Hall–Kier alpha value is 1.16. The summed E-state index contributed by atoms with van der Waals surface area (Å²) in [6.45, 7) is 0. The van der Waals surface area contributed by atoms with Crippen molar-refractivity contribution >= 4 is 46.4 Å². The van der Waals surface area contributed by atoms with E-state index in [1.54, 1.807) is 0 Å². The van der Waals surface area contributed by atoms with Crippen LogP contribution in [-0.2, 0) is 0 Å². The molecule has 0 aromatic rings. The molecule has 0 fully saturated rings. The fourth-order valence-electron chi connectivity index (χ4n) is 1.79. The monoisotopic (exact) mass is 278 g/mol. The number of halogens is 4. The SMILES string of the molecule is ClCCC(CCCl)C(CCCl)CCCl. The van der Waals surface area contributed by atoms with Crippen molar-refractivity contribution in [2.45, 2.75) is 25.7 Å². The van der Waals surface area contributed by atoms with Crippen molar-refractivity contribution in [1.82, 2.24) is 0 Å². The zero-order chi connectivity index (χ0) is 10.8. The van der Waals surface area contributed by atoms with Crippen LogP contribution in [0.25, 0.3) is 0 Å². The average Bonchev–Trinajstić information content (AvgIpc) is 2.17. The lowest BCUT2D eigenvalue weighted by Gasteiger charge is -2.24. The molecule has 0 radical (unpaired) electrons. The van der Waals surface area contributed by atoms with Gasteiger partial charge in [0.15, 0.2) is 0 Å². The first-order valence-electron chi connectivity index (χ1n) is 5.04. The molecule has 0 nitrogen and oxygen atoms in total. The fourth-order valence-corrected chi connectivity index (χ4v) is 2.91. The highest BCUT2D eigenvalue weighted by molar-refractivity contribution is 6.18. The quantitative estimate of drug-likeness (QED) is 0.535. The number of hydrogen-bond acceptors (Lipinski definition) is 0. The third-order valence-corrected chi connectivity index (χ3v) is 3.46. The first kappa shape index (κ1) is 15.2. The van der Waals surface area contributed by atoms with Crippen molar-refractivity contribution in [3.8, 4) is 0 Å². The highest BCUT2D eigenvalue weighted by atomic mass is 35.5. The van der Waals surface area contributed by atoms with Crippen LogP contribution in [0.5, 0.6) is 0 Å². The van der Waals surface area contributed by atoms with Crippen molar-refractivity contribution in [1.29, 1.82) is 0 Å². The minimum Gasteiger partial charge on any atom is -0.127 e. The highest BCUT2D eigenvalue weighted by Crippen LogP contribution is 2.27. The standard InChI is InChI=1S/C10H18Cl4/c11-5-1-9(2-6-12)10(3-7-13)4-8-14/h9-10H,1-8H2. The Morgan fingerprint density at radius 2 is 0.714 bits per heavy atom. The molecule has 0 aliphatic carbocycles. The van der Waals surface area contributed by atoms with Crippen molar-refractivity contribution < 1.29 is 0 Å². The lowest BCUT2D eigenvalue weighted by molar-refractivity contribution is 0.300. The van der Waals surface area contributed by atoms with Gasteiger partial charge in [0.2, 0.25) is 0 Å². The van der Waals surface area contributed by atoms with Crippen LogP contribution in [0.1, 0.15) is 25.7 Å². The lowest BCUT2D eigenvalue weighted by atomic mass is 9.84. The van der Waals surface area contributed by atoms with Gasteiger partial charge in [-0.05, 0) is 37.5 Å². The minimum absolute atomic E-state index is 0.586. The summed E-state index contributed by atoms with van der Waals surface area (Å²) in [4.78, 5) is 0. The molecule has 0 saturated carbocycles. The molecule has 86 valence electrons. The topological polar surface area (TPSA) is 0 Å². The summed E-state index contributed by atoms with van der Waals surface area (Å²) in [5.74, 6) is 3.96. The molecule has 0 aliphatic rings. The van der Waals surface area contributed by atoms with Gasteiger partial charge in [0, 0.05) is 23.5 Å². The summed E-state index contributed by atoms with van der Waals surface area (Å²) in [5.41, 5.74) is 0. The summed E-state index contributed by atoms with van der Waals surface area (Å²) in [6, 6.07) is 0. The molecule has 0 bridgehead atoms. The van der Waals surface area contributed by atoms with E-state index in [2.05, 4.69) is 0 Å². The average molecular weight is 280 g/mol. The Kier molecular flexibility index (Phi) is 11.6. The molecule has 0 atom stereocenters. The Morgan fingerprint density at radius 1 is 0.500 bits per heavy atom. The van der Waals surface area contributed by atoms with Gasteiger partial charge in [-0.3, -0.25) is 0 Å². The number of hydrogen-bond donors (Lipinski definition) is 0. The second-order valence-corrected chi connectivity index (χ2v) is 4.94. The molecule has 0 heterocycles. The van der Waals surface area contributed by atoms with Gasteiger partial charge < -0.3 is 0 Å². The molecule has 0 aromatic heterocycles. The zero-order valence-electron chi connectivity index (χ0n) is 8.32. The van der Waals surface area contributed by atoms with Crippen LogP contribution in [0, 0.1) is 11.8 Å². The molecule has 0 N–H and O–H groups in total. The van der Waals surface area contributed by atoms with Gasteiger partial charge in [0.1, 0.15) is 0 Å². The third-order valence-electron chi connectivity index (χ3n) is 2.59. The molecular formula is C10H18Cl4. The molecule has 14 heavy (non-hydrogen) atoms. The highest BCUT2D eigenvalue weighted by Gasteiger charge is 2.19. The van der Waals surface area contributed by atoms with Gasteiger partial charge in [-0.15, -0.1) is 46.4 Å². The van der Waals surface area contributed by atoms with Crippen molar-refractivity contribution in [2.24, 2.45) is 11.8 Å². The Morgan fingerprint density at radius 3 is 0.857 bits per heavy atom. The molecule has 0 amide bonds. The van der Waals surface area contributed by atoms with E-state index in [1.807, 2.05) is 0 Å². The summed E-state index contributed by atoms with van der Waals surface area (Å²) < 4.78 is 0. The Labute approximate surface area is 107 Å². The van der Waals surface area contributed by atoms with E-state index in [-0.39, 0.29) is 0 Å². The molecule has 0 spiro atoms. The van der Waals surface area contributed by atoms with Crippen LogP contribution < -0.4 is 0 Å². The summed E-state index contributed by atoms with van der Waals surface area (Å²) in [7, 11) is 0.